The van der Waals surface area contributed by atoms with Crippen molar-refractivity contribution in [3.05, 3.63) is 136 Å². The average molecular weight is 665 g/mol. The minimum absolute atomic E-state index is 0.164. The van der Waals surface area contributed by atoms with Crippen LogP contribution in [-0.2, 0) is 21.7 Å². The van der Waals surface area contributed by atoms with E-state index in [4.69, 9.17) is 0 Å². The fourth-order valence-corrected chi connectivity index (χ4v) is 8.91. The second-order valence-corrected chi connectivity index (χ2v) is 17.7. The first-order valence-corrected chi connectivity index (χ1v) is 18.1. The summed E-state index contributed by atoms with van der Waals surface area (Å²) in [6, 6.07) is 38.4. The predicted molar refractivity (Wildman–Crippen MR) is 212 cm³/mol. The van der Waals surface area contributed by atoms with Crippen LogP contribution in [-0.4, -0.2) is 6.85 Å². The third-order valence-electron chi connectivity index (χ3n) is 11.8. The molecule has 0 radical (unpaired) electrons. The van der Waals surface area contributed by atoms with Crippen molar-refractivity contribution in [2.24, 2.45) is 0 Å². The van der Waals surface area contributed by atoms with Gasteiger partial charge in [0.25, 0.3) is 0 Å². The summed E-state index contributed by atoms with van der Waals surface area (Å²) in [7, 11) is 0. The number of rotatable bonds is 1. The SMILES string of the molecule is CC(C)(C)c1cc(C#N)c2c(c1)C(C)(C)c1cc(C(C)(C)C)cc(C#N)c1N2B1c2ccccc2N2c3ccccc3C(C)(C)c3cccc1c32. The highest BCUT2D eigenvalue weighted by atomic mass is 15.2. The van der Waals surface area contributed by atoms with Crippen LogP contribution in [0, 0.1) is 22.7 Å². The minimum atomic E-state index is -0.488. The van der Waals surface area contributed by atoms with Crippen molar-refractivity contribution in [2.45, 2.75) is 90.9 Å². The van der Waals surface area contributed by atoms with Gasteiger partial charge in [-0.3, -0.25) is 0 Å². The van der Waals surface area contributed by atoms with Crippen molar-refractivity contribution < 1.29 is 0 Å². The van der Waals surface area contributed by atoms with Crippen LogP contribution in [0.25, 0.3) is 0 Å². The summed E-state index contributed by atoms with van der Waals surface area (Å²) >= 11 is 0. The topological polar surface area (TPSA) is 54.1 Å². The molecule has 0 atom stereocenters. The zero-order valence-corrected chi connectivity index (χ0v) is 31.5. The van der Waals surface area contributed by atoms with E-state index in [1.165, 1.54) is 22.5 Å². The Morgan fingerprint density at radius 3 is 1.55 bits per heavy atom. The summed E-state index contributed by atoms with van der Waals surface area (Å²) in [5.74, 6) is 0. The predicted octanol–water partition coefficient (Wildman–Crippen LogP) is 10.0. The summed E-state index contributed by atoms with van der Waals surface area (Å²) in [6.07, 6.45) is 0. The van der Waals surface area contributed by atoms with Crippen molar-refractivity contribution in [3.8, 4) is 12.1 Å². The van der Waals surface area contributed by atoms with E-state index >= 15 is 0 Å². The Labute approximate surface area is 304 Å². The van der Waals surface area contributed by atoms with Gasteiger partial charge in [0, 0.05) is 22.2 Å². The first kappa shape index (κ1) is 32.9. The number of para-hydroxylation sites is 3. The molecule has 0 spiro atoms. The molecular formula is C46H45BN4. The molecule has 3 heterocycles. The van der Waals surface area contributed by atoms with Gasteiger partial charge in [-0.2, -0.15) is 10.5 Å². The van der Waals surface area contributed by atoms with Gasteiger partial charge in [0.2, 0.25) is 0 Å². The number of fused-ring (bicyclic) bond motifs is 6. The molecule has 0 aliphatic carbocycles. The van der Waals surface area contributed by atoms with E-state index in [0.29, 0.717) is 11.1 Å². The van der Waals surface area contributed by atoms with E-state index in [2.05, 4.69) is 182 Å². The summed E-state index contributed by atoms with van der Waals surface area (Å²) in [6.45, 7) is 22.2. The quantitative estimate of drug-likeness (QED) is 0.167. The van der Waals surface area contributed by atoms with Crippen LogP contribution in [0.5, 0.6) is 0 Å². The Bertz CT molecular complexity index is 2300. The van der Waals surface area contributed by atoms with Crippen LogP contribution in [0.2, 0.25) is 0 Å². The minimum Gasteiger partial charge on any atom is -0.374 e. The number of nitrogens with zero attached hydrogens (tertiary/aromatic N) is 4. The lowest BCUT2D eigenvalue weighted by atomic mass is 9.44. The van der Waals surface area contributed by atoms with Gasteiger partial charge in [0.15, 0.2) is 0 Å². The first-order chi connectivity index (χ1) is 24.0. The molecule has 3 aliphatic rings. The van der Waals surface area contributed by atoms with Crippen LogP contribution in [0.4, 0.5) is 28.4 Å². The molecule has 0 saturated heterocycles. The largest absolute Gasteiger partial charge is 0.374 e. The Morgan fingerprint density at radius 1 is 0.529 bits per heavy atom. The van der Waals surface area contributed by atoms with Gasteiger partial charge in [-0.25, -0.2) is 0 Å². The second-order valence-electron chi connectivity index (χ2n) is 17.7. The van der Waals surface area contributed by atoms with Gasteiger partial charge in [0.1, 0.15) is 12.1 Å². The van der Waals surface area contributed by atoms with Crippen LogP contribution < -0.4 is 20.6 Å². The molecule has 0 saturated carbocycles. The van der Waals surface area contributed by atoms with E-state index in [1.807, 2.05) is 0 Å². The molecule has 252 valence electrons. The van der Waals surface area contributed by atoms with E-state index in [0.717, 1.165) is 50.2 Å². The third kappa shape index (κ3) is 4.50. The lowest BCUT2D eigenvalue weighted by molar-refractivity contribution is 0.573. The van der Waals surface area contributed by atoms with Crippen LogP contribution in [0.3, 0.4) is 0 Å². The molecule has 3 aliphatic heterocycles. The van der Waals surface area contributed by atoms with Crippen molar-refractivity contribution in [1.82, 2.24) is 0 Å². The molecule has 0 fully saturated rings. The molecule has 5 aromatic carbocycles. The smallest absolute Gasteiger partial charge is 0.332 e. The van der Waals surface area contributed by atoms with Gasteiger partial charge < -0.3 is 9.71 Å². The zero-order valence-electron chi connectivity index (χ0n) is 31.5. The number of hydrogen-bond donors (Lipinski definition) is 0. The van der Waals surface area contributed by atoms with Gasteiger partial charge in [0.05, 0.1) is 28.2 Å². The van der Waals surface area contributed by atoms with Crippen LogP contribution in [0.1, 0.15) is 114 Å². The average Bonchev–Trinajstić information content (AvgIpc) is 3.09. The van der Waals surface area contributed by atoms with Crippen molar-refractivity contribution >= 4 is 46.2 Å². The molecule has 0 unspecified atom stereocenters. The molecule has 0 amide bonds. The standard InChI is InChI=1S/C46H45BN4/c1-43(2,3)30-22-28(26-48)40-34(24-30)46(9,10)35-25-31(44(4,5)6)23-29(27-49)41(35)51(40)47-36-18-12-14-21-39(36)50-38-20-13-11-16-32(38)45(7,8)33-17-15-19-37(47)42(33)50/h11-25H,1-10H3. The number of anilines is 5. The summed E-state index contributed by atoms with van der Waals surface area (Å²) in [4.78, 5) is 4.83. The molecule has 4 nitrogen and oxygen atoms in total. The zero-order chi connectivity index (χ0) is 36.4. The van der Waals surface area contributed by atoms with Crippen molar-refractivity contribution in [2.75, 3.05) is 9.71 Å². The van der Waals surface area contributed by atoms with Crippen molar-refractivity contribution in [1.29, 1.82) is 10.5 Å². The fourth-order valence-electron chi connectivity index (χ4n) is 8.91. The number of hydrogen-bond acceptors (Lipinski definition) is 4. The number of nitriles is 2. The van der Waals surface area contributed by atoms with Gasteiger partial charge in [-0.15, -0.1) is 0 Å². The third-order valence-corrected chi connectivity index (χ3v) is 11.8. The summed E-state index contributed by atoms with van der Waals surface area (Å²) in [5, 5.41) is 22.1. The normalized spacial score (nSPS) is 16.2. The van der Waals surface area contributed by atoms with Crippen LogP contribution >= 0.6 is 0 Å². The van der Waals surface area contributed by atoms with Crippen LogP contribution in [0.15, 0.2) is 91.0 Å². The fraction of sp³-hybridized carbons (Fsp3) is 0.304. The van der Waals surface area contributed by atoms with E-state index in [9.17, 15) is 10.5 Å². The van der Waals surface area contributed by atoms with Gasteiger partial charge in [-0.05, 0) is 79.4 Å². The molecule has 5 heteroatoms. The maximum atomic E-state index is 11.0. The summed E-state index contributed by atoms with van der Waals surface area (Å²) in [5.41, 5.74) is 14.8. The highest BCUT2D eigenvalue weighted by molar-refractivity contribution is 6.92. The molecule has 0 bridgehead atoms. The van der Waals surface area contributed by atoms with E-state index in [1.54, 1.807) is 0 Å². The Morgan fingerprint density at radius 2 is 1.00 bits per heavy atom. The Balaban J connectivity index is 1.54. The lowest BCUT2D eigenvalue weighted by Crippen LogP contribution is -2.62. The number of benzene rings is 5. The molecule has 5 aromatic rings. The highest BCUT2D eigenvalue weighted by Gasteiger charge is 2.50. The Kier molecular flexibility index (Phi) is 6.86. The van der Waals surface area contributed by atoms with Gasteiger partial charge >= 0.3 is 6.85 Å². The molecule has 0 aromatic heterocycles. The molecule has 8 rings (SSSR count). The lowest BCUT2D eigenvalue weighted by Gasteiger charge is -2.51. The van der Waals surface area contributed by atoms with E-state index < -0.39 is 5.41 Å². The van der Waals surface area contributed by atoms with Gasteiger partial charge in [-0.1, -0.05) is 136 Å². The molecular weight excluding hydrogens is 619 g/mol. The second kappa shape index (κ2) is 10.6. The summed E-state index contributed by atoms with van der Waals surface area (Å²) < 4.78 is 0. The maximum absolute atomic E-state index is 11.0. The van der Waals surface area contributed by atoms with E-state index in [-0.39, 0.29) is 23.1 Å². The Hall–Kier alpha value is -5.26. The maximum Gasteiger partial charge on any atom is 0.332 e. The highest BCUT2D eigenvalue weighted by Crippen LogP contribution is 2.56. The first-order valence-electron chi connectivity index (χ1n) is 18.1. The van der Waals surface area contributed by atoms with Crippen molar-refractivity contribution in [3.63, 3.8) is 0 Å². The monoisotopic (exact) mass is 664 g/mol. The molecule has 51 heavy (non-hydrogen) atoms. The molecule has 0 N–H and O–H groups in total.